The Morgan fingerprint density at radius 3 is 2.08 bits per heavy atom. The number of esters is 1. The topological polar surface area (TPSA) is 65.1 Å². The molecule has 0 radical (unpaired) electrons. The third-order valence-electron chi connectivity index (χ3n) is 3.27. The molecule has 148 valence electrons. The third-order valence-corrected chi connectivity index (χ3v) is 4.78. The second kappa shape index (κ2) is 13.4. The van der Waals surface area contributed by atoms with E-state index in [4.69, 9.17) is 9.05 Å². The van der Waals surface area contributed by atoms with Gasteiger partial charge in [-0.25, -0.2) is 0 Å². The standard InChI is InChI=1S/C18H36NO5P/c1-7-8-10-19(11-9-18(20)22-6)12-13-25(21,23-14-16(2)3)24-15-17(4)5/h12-13,16-17H,7-11,14-15H2,1-6H3/b13-12+. The van der Waals surface area contributed by atoms with E-state index in [2.05, 4.69) is 11.7 Å². The maximum absolute atomic E-state index is 12.9. The summed E-state index contributed by atoms with van der Waals surface area (Å²) in [5, 5.41) is 0. The molecule has 0 bridgehead atoms. The van der Waals surface area contributed by atoms with Crippen molar-refractivity contribution in [2.45, 2.75) is 53.9 Å². The molecule has 0 spiro atoms. The Morgan fingerprint density at radius 1 is 1.08 bits per heavy atom. The van der Waals surface area contributed by atoms with Crippen molar-refractivity contribution in [2.24, 2.45) is 11.8 Å². The van der Waals surface area contributed by atoms with Crippen LogP contribution in [0.25, 0.3) is 0 Å². The van der Waals surface area contributed by atoms with E-state index in [1.165, 1.54) is 12.9 Å². The van der Waals surface area contributed by atoms with Crippen molar-refractivity contribution in [3.8, 4) is 0 Å². The molecule has 0 fully saturated rings. The first kappa shape index (κ1) is 24.2. The number of nitrogens with zero attached hydrogens (tertiary/aromatic N) is 1. The van der Waals surface area contributed by atoms with E-state index in [0.717, 1.165) is 19.4 Å². The summed E-state index contributed by atoms with van der Waals surface area (Å²) in [5.41, 5.74) is 0. The summed E-state index contributed by atoms with van der Waals surface area (Å²) in [6, 6.07) is 0. The number of unbranched alkanes of at least 4 members (excludes halogenated alkanes) is 1. The molecule has 6 nitrogen and oxygen atoms in total. The van der Waals surface area contributed by atoms with Gasteiger partial charge in [0, 0.05) is 25.1 Å². The predicted octanol–water partition coefficient (Wildman–Crippen LogP) is 4.66. The number of hydrogen-bond donors (Lipinski definition) is 0. The van der Waals surface area contributed by atoms with E-state index in [-0.39, 0.29) is 24.2 Å². The molecule has 0 aromatic heterocycles. The van der Waals surface area contributed by atoms with Crippen LogP contribution >= 0.6 is 7.60 Å². The molecule has 0 aromatic carbocycles. The lowest BCUT2D eigenvalue weighted by molar-refractivity contribution is -0.140. The van der Waals surface area contributed by atoms with Crippen molar-refractivity contribution < 1.29 is 23.1 Å². The summed E-state index contributed by atoms with van der Waals surface area (Å²) in [6.45, 7) is 12.1. The molecule has 0 aliphatic heterocycles. The molecule has 0 heterocycles. The van der Waals surface area contributed by atoms with Gasteiger partial charge in [-0.3, -0.25) is 9.36 Å². The molecule has 0 amide bonds. The molecular weight excluding hydrogens is 341 g/mol. The zero-order valence-electron chi connectivity index (χ0n) is 16.7. The van der Waals surface area contributed by atoms with Gasteiger partial charge < -0.3 is 18.7 Å². The Kier molecular flexibility index (Phi) is 12.9. The molecule has 25 heavy (non-hydrogen) atoms. The van der Waals surface area contributed by atoms with Gasteiger partial charge in [-0.05, 0) is 18.3 Å². The van der Waals surface area contributed by atoms with Crippen LogP contribution in [-0.4, -0.2) is 44.3 Å². The number of hydrogen-bond acceptors (Lipinski definition) is 6. The monoisotopic (exact) mass is 377 g/mol. The molecule has 0 aromatic rings. The van der Waals surface area contributed by atoms with Crippen LogP contribution in [0.3, 0.4) is 0 Å². The summed E-state index contributed by atoms with van der Waals surface area (Å²) in [5.74, 6) is 1.79. The summed E-state index contributed by atoms with van der Waals surface area (Å²) in [6.07, 6.45) is 4.04. The number of rotatable bonds is 14. The maximum Gasteiger partial charge on any atom is 0.355 e. The average Bonchev–Trinajstić information content (AvgIpc) is 2.57. The normalized spacial score (nSPS) is 12.3. The Morgan fingerprint density at radius 2 is 1.64 bits per heavy atom. The highest BCUT2D eigenvalue weighted by Gasteiger charge is 2.22. The number of methoxy groups -OCH3 is 1. The minimum atomic E-state index is -3.31. The fraction of sp³-hybridized carbons (Fsp3) is 0.833. The smallest absolute Gasteiger partial charge is 0.355 e. The molecular formula is C18H36NO5P. The SMILES string of the molecule is CCCCN(/C=C/P(=O)(OCC(C)C)OCC(C)C)CCC(=O)OC. The van der Waals surface area contributed by atoms with Gasteiger partial charge in [0.25, 0.3) is 0 Å². The first-order chi connectivity index (χ1) is 11.7. The van der Waals surface area contributed by atoms with Crippen molar-refractivity contribution in [3.63, 3.8) is 0 Å². The van der Waals surface area contributed by atoms with Gasteiger partial charge in [0.1, 0.15) is 0 Å². The fourth-order valence-corrected chi connectivity index (χ4v) is 3.37. The van der Waals surface area contributed by atoms with Crippen LogP contribution in [-0.2, 0) is 23.1 Å². The first-order valence-electron chi connectivity index (χ1n) is 9.11. The van der Waals surface area contributed by atoms with E-state index in [0.29, 0.717) is 19.8 Å². The zero-order valence-corrected chi connectivity index (χ0v) is 17.6. The van der Waals surface area contributed by atoms with Crippen LogP contribution in [0.5, 0.6) is 0 Å². The third kappa shape index (κ3) is 13.1. The van der Waals surface area contributed by atoms with E-state index in [1.807, 2.05) is 32.6 Å². The first-order valence-corrected chi connectivity index (χ1v) is 10.7. The van der Waals surface area contributed by atoms with Crippen molar-refractivity contribution in [3.05, 3.63) is 12.0 Å². The van der Waals surface area contributed by atoms with Crippen molar-refractivity contribution in [2.75, 3.05) is 33.4 Å². The molecule has 0 aliphatic carbocycles. The Balaban J connectivity index is 4.98. The van der Waals surface area contributed by atoms with Gasteiger partial charge in [-0.1, -0.05) is 41.0 Å². The van der Waals surface area contributed by atoms with Crippen LogP contribution < -0.4 is 0 Å². The Labute approximate surface area is 153 Å². The van der Waals surface area contributed by atoms with Crippen LogP contribution in [0.15, 0.2) is 12.0 Å². The largest absolute Gasteiger partial charge is 0.469 e. The van der Waals surface area contributed by atoms with Gasteiger partial charge in [0.2, 0.25) is 0 Å². The van der Waals surface area contributed by atoms with Gasteiger partial charge >= 0.3 is 13.6 Å². The van der Waals surface area contributed by atoms with Gasteiger partial charge in [0.15, 0.2) is 0 Å². The molecule has 0 atom stereocenters. The molecule has 0 N–H and O–H groups in total. The number of carbonyl (C=O) groups excluding carboxylic acids is 1. The van der Waals surface area contributed by atoms with Crippen LogP contribution in [0.4, 0.5) is 0 Å². The highest BCUT2D eigenvalue weighted by molar-refractivity contribution is 7.57. The van der Waals surface area contributed by atoms with Crippen LogP contribution in [0, 0.1) is 11.8 Å². The van der Waals surface area contributed by atoms with Crippen LogP contribution in [0.2, 0.25) is 0 Å². The van der Waals surface area contributed by atoms with Crippen molar-refractivity contribution in [1.29, 1.82) is 0 Å². The molecule has 0 saturated heterocycles. The Bertz CT molecular complexity index is 421. The Hall–Kier alpha value is -0.840. The lowest BCUT2D eigenvalue weighted by Gasteiger charge is -2.22. The minimum Gasteiger partial charge on any atom is -0.469 e. The molecule has 0 rings (SSSR count). The predicted molar refractivity (Wildman–Crippen MR) is 101 cm³/mol. The zero-order chi connectivity index (χ0) is 19.3. The average molecular weight is 377 g/mol. The van der Waals surface area contributed by atoms with E-state index < -0.39 is 7.60 Å². The minimum absolute atomic E-state index is 0.259. The van der Waals surface area contributed by atoms with E-state index >= 15 is 0 Å². The molecule has 0 saturated carbocycles. The van der Waals surface area contributed by atoms with Crippen molar-refractivity contribution >= 4 is 13.6 Å². The lowest BCUT2D eigenvalue weighted by atomic mass is 10.2. The summed E-state index contributed by atoms with van der Waals surface area (Å²) < 4.78 is 28.8. The second-order valence-electron chi connectivity index (χ2n) is 6.93. The van der Waals surface area contributed by atoms with E-state index in [1.54, 1.807) is 6.20 Å². The molecule has 0 aliphatic rings. The van der Waals surface area contributed by atoms with Gasteiger partial charge in [-0.2, -0.15) is 0 Å². The van der Waals surface area contributed by atoms with Gasteiger partial charge in [-0.15, -0.1) is 0 Å². The number of carbonyl (C=O) groups is 1. The maximum atomic E-state index is 12.9. The van der Waals surface area contributed by atoms with Crippen molar-refractivity contribution in [1.82, 2.24) is 4.90 Å². The summed E-state index contributed by atoms with van der Waals surface area (Å²) in [4.78, 5) is 13.3. The summed E-state index contributed by atoms with van der Waals surface area (Å²) in [7, 11) is -1.93. The quantitative estimate of drug-likeness (QED) is 0.324. The van der Waals surface area contributed by atoms with E-state index in [9.17, 15) is 9.36 Å². The summed E-state index contributed by atoms with van der Waals surface area (Å²) >= 11 is 0. The number of ether oxygens (including phenoxy) is 1. The molecule has 7 heteroatoms. The molecule has 0 unspecified atom stereocenters. The van der Waals surface area contributed by atoms with Gasteiger partial charge in [0.05, 0.1) is 26.7 Å². The van der Waals surface area contributed by atoms with Crippen LogP contribution in [0.1, 0.15) is 53.9 Å². The fourth-order valence-electron chi connectivity index (χ4n) is 1.76. The second-order valence-corrected chi connectivity index (χ2v) is 8.83. The highest BCUT2D eigenvalue weighted by Crippen LogP contribution is 2.50. The highest BCUT2D eigenvalue weighted by atomic mass is 31.2. The lowest BCUT2D eigenvalue weighted by Crippen LogP contribution is -2.22.